The largest absolute Gasteiger partial charge is 0.300 e. The summed E-state index contributed by atoms with van der Waals surface area (Å²) in [6, 6.07) is 0. The lowest BCUT2D eigenvalue weighted by Crippen LogP contribution is -2.05. The molecule has 0 aromatic carbocycles. The predicted octanol–water partition coefficient (Wildman–Crippen LogP) is 0.820. The molecule has 0 atom stereocenters. The van der Waals surface area contributed by atoms with Crippen LogP contribution in [0.1, 0.15) is 26.1 Å². The molecule has 0 aliphatic heterocycles. The van der Waals surface area contributed by atoms with Crippen LogP contribution in [0.3, 0.4) is 0 Å². The van der Waals surface area contributed by atoms with E-state index in [0.717, 1.165) is 12.4 Å². The second-order valence-electron chi connectivity index (χ2n) is 2.69. The number of Topliss-reactive ketones (excluding diaryl/α,β-unsaturated/α-hetero) is 1. The highest BCUT2D eigenvalue weighted by atomic mass is 16.1. The van der Waals surface area contributed by atoms with Crippen molar-refractivity contribution in [3.8, 4) is 0 Å². The van der Waals surface area contributed by atoms with Gasteiger partial charge in [-0.25, -0.2) is 4.98 Å². The Morgan fingerprint density at radius 3 is 3.00 bits per heavy atom. The van der Waals surface area contributed by atoms with Crippen LogP contribution in [0, 0.1) is 0 Å². The summed E-state index contributed by atoms with van der Waals surface area (Å²) in [5.41, 5.74) is 0. The average molecular weight is 167 g/mol. The fraction of sp³-hybridized carbons (Fsp3) is 0.625. The van der Waals surface area contributed by atoms with Crippen LogP contribution in [0.4, 0.5) is 0 Å². The zero-order valence-corrected chi connectivity index (χ0v) is 7.45. The molecule has 0 radical (unpaired) electrons. The minimum absolute atomic E-state index is 0.195. The summed E-state index contributed by atoms with van der Waals surface area (Å²) in [7, 11) is 0. The highest BCUT2D eigenvalue weighted by molar-refractivity contribution is 5.75. The van der Waals surface area contributed by atoms with Gasteiger partial charge >= 0.3 is 0 Å². The second kappa shape index (κ2) is 3.99. The van der Waals surface area contributed by atoms with Crippen LogP contribution in [0.2, 0.25) is 0 Å². The zero-order valence-electron chi connectivity index (χ0n) is 7.45. The summed E-state index contributed by atoms with van der Waals surface area (Å²) < 4.78 is 1.81. The van der Waals surface area contributed by atoms with Crippen LogP contribution in [0.25, 0.3) is 0 Å². The molecule has 0 bridgehead atoms. The van der Waals surface area contributed by atoms with Gasteiger partial charge in [-0.05, 0) is 13.8 Å². The molecule has 1 rings (SSSR count). The van der Waals surface area contributed by atoms with E-state index < -0.39 is 0 Å². The summed E-state index contributed by atoms with van der Waals surface area (Å²) in [4.78, 5) is 14.7. The van der Waals surface area contributed by atoms with Gasteiger partial charge in [-0.15, -0.1) is 0 Å². The number of carbonyl (C=O) groups excluding carboxylic acids is 1. The standard InChI is InChI=1S/C8H13N3O/c1-3-11-8(9-6-10-11)5-4-7(2)12/h6H,3-5H2,1-2H3. The van der Waals surface area contributed by atoms with Gasteiger partial charge in [0.05, 0.1) is 0 Å². The molecule has 4 nitrogen and oxygen atoms in total. The number of nitrogens with zero attached hydrogens (tertiary/aromatic N) is 3. The Kier molecular flexibility index (Phi) is 2.96. The van der Waals surface area contributed by atoms with E-state index in [-0.39, 0.29) is 5.78 Å². The molecule has 1 aromatic heterocycles. The van der Waals surface area contributed by atoms with Crippen molar-refractivity contribution in [3.05, 3.63) is 12.2 Å². The van der Waals surface area contributed by atoms with Crippen molar-refractivity contribution in [1.29, 1.82) is 0 Å². The first-order valence-corrected chi connectivity index (χ1v) is 4.10. The smallest absolute Gasteiger partial charge is 0.138 e. The number of rotatable bonds is 4. The molecule has 1 heterocycles. The van der Waals surface area contributed by atoms with Crippen molar-refractivity contribution >= 4 is 5.78 Å². The van der Waals surface area contributed by atoms with Gasteiger partial charge in [0.2, 0.25) is 0 Å². The molecule has 0 unspecified atom stereocenters. The third-order valence-electron chi connectivity index (χ3n) is 1.70. The molecule has 0 spiro atoms. The lowest BCUT2D eigenvalue weighted by molar-refractivity contribution is -0.117. The minimum Gasteiger partial charge on any atom is -0.300 e. The first-order chi connectivity index (χ1) is 5.74. The molecule has 0 N–H and O–H groups in total. The molecule has 4 heteroatoms. The summed E-state index contributed by atoms with van der Waals surface area (Å²) in [5.74, 6) is 1.09. The topological polar surface area (TPSA) is 47.8 Å². The third kappa shape index (κ3) is 2.15. The van der Waals surface area contributed by atoms with Crippen LogP contribution in [0.5, 0.6) is 0 Å². The van der Waals surface area contributed by atoms with Gasteiger partial charge in [-0.3, -0.25) is 4.68 Å². The fourth-order valence-corrected chi connectivity index (χ4v) is 1.03. The number of carbonyl (C=O) groups is 1. The van der Waals surface area contributed by atoms with Crippen molar-refractivity contribution in [2.75, 3.05) is 0 Å². The minimum atomic E-state index is 0.195. The number of ketones is 1. The van der Waals surface area contributed by atoms with E-state index in [0.29, 0.717) is 12.8 Å². The summed E-state index contributed by atoms with van der Waals surface area (Å²) in [6.07, 6.45) is 2.78. The molecular weight excluding hydrogens is 154 g/mol. The lowest BCUT2D eigenvalue weighted by Gasteiger charge is -1.99. The Balaban J connectivity index is 2.56. The highest BCUT2D eigenvalue weighted by Crippen LogP contribution is 1.98. The van der Waals surface area contributed by atoms with Crippen molar-refractivity contribution in [3.63, 3.8) is 0 Å². The zero-order chi connectivity index (χ0) is 8.97. The number of aryl methyl sites for hydroxylation is 2. The maximum absolute atomic E-state index is 10.7. The van der Waals surface area contributed by atoms with E-state index >= 15 is 0 Å². The van der Waals surface area contributed by atoms with Crippen LogP contribution in [-0.4, -0.2) is 20.5 Å². The Hall–Kier alpha value is -1.19. The molecule has 12 heavy (non-hydrogen) atoms. The van der Waals surface area contributed by atoms with E-state index in [9.17, 15) is 4.79 Å². The number of hydrogen-bond donors (Lipinski definition) is 0. The predicted molar refractivity (Wildman–Crippen MR) is 44.7 cm³/mol. The molecule has 0 saturated heterocycles. The molecular formula is C8H13N3O. The van der Waals surface area contributed by atoms with Crippen molar-refractivity contribution < 1.29 is 4.79 Å². The maximum Gasteiger partial charge on any atom is 0.138 e. The van der Waals surface area contributed by atoms with Crippen LogP contribution in [-0.2, 0) is 17.8 Å². The van der Waals surface area contributed by atoms with Gasteiger partial charge in [0.25, 0.3) is 0 Å². The van der Waals surface area contributed by atoms with Crippen LogP contribution < -0.4 is 0 Å². The van der Waals surface area contributed by atoms with Gasteiger partial charge in [0, 0.05) is 19.4 Å². The second-order valence-corrected chi connectivity index (χ2v) is 2.69. The van der Waals surface area contributed by atoms with E-state index in [2.05, 4.69) is 10.1 Å². The molecule has 0 aliphatic rings. The molecule has 0 amide bonds. The Morgan fingerprint density at radius 1 is 1.67 bits per heavy atom. The Morgan fingerprint density at radius 2 is 2.42 bits per heavy atom. The first-order valence-electron chi connectivity index (χ1n) is 4.10. The molecule has 1 aromatic rings. The normalized spacial score (nSPS) is 10.2. The summed E-state index contributed by atoms with van der Waals surface area (Å²) in [6.45, 7) is 4.41. The maximum atomic E-state index is 10.7. The Bertz CT molecular complexity index is 267. The third-order valence-corrected chi connectivity index (χ3v) is 1.70. The quantitative estimate of drug-likeness (QED) is 0.667. The van der Waals surface area contributed by atoms with Crippen molar-refractivity contribution in [1.82, 2.24) is 14.8 Å². The molecule has 0 saturated carbocycles. The van der Waals surface area contributed by atoms with Crippen molar-refractivity contribution in [2.45, 2.75) is 33.2 Å². The fourth-order valence-electron chi connectivity index (χ4n) is 1.03. The molecule has 0 aliphatic carbocycles. The lowest BCUT2D eigenvalue weighted by atomic mass is 10.2. The van der Waals surface area contributed by atoms with Gasteiger partial charge < -0.3 is 4.79 Å². The van der Waals surface area contributed by atoms with E-state index in [1.54, 1.807) is 6.92 Å². The molecule has 0 fully saturated rings. The average Bonchev–Trinajstić information content (AvgIpc) is 2.47. The SMILES string of the molecule is CCn1ncnc1CCC(C)=O. The van der Waals surface area contributed by atoms with E-state index in [4.69, 9.17) is 0 Å². The van der Waals surface area contributed by atoms with Gasteiger partial charge in [-0.2, -0.15) is 5.10 Å². The van der Waals surface area contributed by atoms with Gasteiger partial charge in [-0.1, -0.05) is 0 Å². The van der Waals surface area contributed by atoms with Crippen LogP contribution >= 0.6 is 0 Å². The summed E-state index contributed by atoms with van der Waals surface area (Å²) in [5, 5.41) is 4.01. The van der Waals surface area contributed by atoms with Crippen molar-refractivity contribution in [2.24, 2.45) is 0 Å². The van der Waals surface area contributed by atoms with Gasteiger partial charge in [0.15, 0.2) is 0 Å². The Labute approximate surface area is 71.6 Å². The highest BCUT2D eigenvalue weighted by Gasteiger charge is 2.03. The van der Waals surface area contributed by atoms with E-state index in [1.807, 2.05) is 11.6 Å². The van der Waals surface area contributed by atoms with E-state index in [1.165, 1.54) is 6.33 Å². The molecule has 66 valence electrons. The van der Waals surface area contributed by atoms with Crippen LogP contribution in [0.15, 0.2) is 6.33 Å². The monoisotopic (exact) mass is 167 g/mol. The number of hydrogen-bond acceptors (Lipinski definition) is 3. The number of aromatic nitrogens is 3. The first kappa shape index (κ1) is 8.90. The van der Waals surface area contributed by atoms with Gasteiger partial charge in [0.1, 0.15) is 17.9 Å². The summed E-state index contributed by atoms with van der Waals surface area (Å²) >= 11 is 0.